The predicted molar refractivity (Wildman–Crippen MR) is 76.7 cm³/mol. The van der Waals surface area contributed by atoms with Crippen LogP contribution in [0.15, 0.2) is 24.3 Å². The Kier molecular flexibility index (Phi) is 4.27. The summed E-state index contributed by atoms with van der Waals surface area (Å²) in [5.74, 6) is -0.546. The molecule has 1 N–H and O–H groups in total. The van der Waals surface area contributed by atoms with E-state index in [1.165, 1.54) is 12.1 Å². The lowest BCUT2D eigenvalue weighted by Crippen LogP contribution is -2.11. The molecule has 0 fully saturated rings. The molecule has 2 aromatic rings. The van der Waals surface area contributed by atoms with Gasteiger partial charge in [-0.15, -0.1) is 5.10 Å². The van der Waals surface area contributed by atoms with Crippen molar-refractivity contribution in [2.24, 2.45) is 0 Å². The molecule has 1 heterocycles. The lowest BCUT2D eigenvalue weighted by atomic mass is 10.1. The van der Waals surface area contributed by atoms with Crippen LogP contribution in [0.25, 0.3) is 0 Å². The molecule has 3 nitrogen and oxygen atoms in total. The van der Waals surface area contributed by atoms with Gasteiger partial charge in [-0.2, -0.15) is 5.10 Å². The van der Waals surface area contributed by atoms with Crippen LogP contribution in [-0.2, 0) is 6.42 Å². The van der Waals surface area contributed by atoms with Crippen molar-refractivity contribution in [2.45, 2.75) is 33.2 Å². The van der Waals surface area contributed by atoms with Crippen molar-refractivity contribution in [2.75, 3.05) is 5.32 Å². The molecule has 1 aromatic carbocycles. The smallest absolute Gasteiger partial charge is 0.152 e. The highest BCUT2D eigenvalue weighted by molar-refractivity contribution is 5.44. The molecule has 1 aromatic heterocycles. The summed E-state index contributed by atoms with van der Waals surface area (Å²) >= 11 is 0. The average Bonchev–Trinajstić information content (AvgIpc) is 2.39. The summed E-state index contributed by atoms with van der Waals surface area (Å²) in [6.45, 7) is 5.76. The Labute approximate surface area is 118 Å². The number of halogens is 2. The van der Waals surface area contributed by atoms with Gasteiger partial charge in [0, 0.05) is 7.49 Å². The lowest BCUT2D eigenvalue weighted by molar-refractivity contribution is 0.577. The number of hydrogen-bond donors (Lipinski definition) is 1. The van der Waals surface area contributed by atoms with Gasteiger partial charge in [-0.05, 0) is 49.6 Å². The fourth-order valence-corrected chi connectivity index (χ4v) is 1.97. The van der Waals surface area contributed by atoms with Crippen LogP contribution in [0.5, 0.6) is 0 Å². The SMILES string of the molecule is CCc1cc(C)c(N[C@H](C)c2cc(F)cc(F)c2)nn1.[HH]. The number of aromatic nitrogens is 2. The molecule has 0 amide bonds. The third kappa shape index (κ3) is 3.29. The van der Waals surface area contributed by atoms with E-state index >= 15 is 0 Å². The van der Waals surface area contributed by atoms with Crippen LogP contribution >= 0.6 is 0 Å². The normalized spacial score (nSPS) is 12.2. The highest BCUT2D eigenvalue weighted by Crippen LogP contribution is 2.21. The van der Waals surface area contributed by atoms with E-state index in [1.807, 2.05) is 26.8 Å². The number of nitrogens with one attached hydrogen (secondary N) is 1. The molecule has 108 valence electrons. The number of hydrogen-bond acceptors (Lipinski definition) is 3. The highest BCUT2D eigenvalue weighted by Gasteiger charge is 2.11. The minimum absolute atomic E-state index is 0. The van der Waals surface area contributed by atoms with Gasteiger partial charge in [0.05, 0.1) is 11.7 Å². The first-order valence-electron chi connectivity index (χ1n) is 6.55. The molecule has 0 aliphatic carbocycles. The van der Waals surface area contributed by atoms with Crippen LogP contribution in [0.2, 0.25) is 0 Å². The maximum absolute atomic E-state index is 13.2. The van der Waals surface area contributed by atoms with E-state index in [0.717, 1.165) is 23.7 Å². The zero-order valence-electron chi connectivity index (χ0n) is 11.7. The molecule has 5 heteroatoms. The monoisotopic (exact) mass is 279 g/mol. The summed E-state index contributed by atoms with van der Waals surface area (Å²) in [7, 11) is 0. The van der Waals surface area contributed by atoms with Crippen molar-refractivity contribution < 1.29 is 10.2 Å². The van der Waals surface area contributed by atoms with E-state index in [1.54, 1.807) is 0 Å². The Morgan fingerprint density at radius 2 is 1.80 bits per heavy atom. The van der Waals surface area contributed by atoms with Crippen molar-refractivity contribution in [3.05, 3.63) is 52.7 Å². The summed E-state index contributed by atoms with van der Waals surface area (Å²) < 4.78 is 26.4. The van der Waals surface area contributed by atoms with Gasteiger partial charge < -0.3 is 5.32 Å². The van der Waals surface area contributed by atoms with E-state index in [0.29, 0.717) is 11.4 Å². The molecule has 0 spiro atoms. The maximum atomic E-state index is 13.2. The standard InChI is InChI=1S/C15H17F2N3.H2/c1-4-14-5-9(2)15(20-19-14)18-10(3)11-6-12(16)8-13(17)7-11;/h5-8,10H,4H2,1-3H3,(H,18,20);1H/t10-;/m1./s1. The van der Waals surface area contributed by atoms with Gasteiger partial charge in [-0.1, -0.05) is 6.92 Å². The first kappa shape index (κ1) is 14.4. The van der Waals surface area contributed by atoms with Crippen LogP contribution in [-0.4, -0.2) is 10.2 Å². The largest absolute Gasteiger partial charge is 0.362 e. The molecule has 0 unspecified atom stereocenters. The summed E-state index contributed by atoms with van der Waals surface area (Å²) in [4.78, 5) is 0. The molecule has 0 aliphatic heterocycles. The molecule has 0 aliphatic rings. The van der Waals surface area contributed by atoms with Crippen LogP contribution in [0.4, 0.5) is 14.6 Å². The Hall–Kier alpha value is -2.04. The Bertz CT molecular complexity index is 600. The van der Waals surface area contributed by atoms with Gasteiger partial charge in [0.2, 0.25) is 0 Å². The Morgan fingerprint density at radius 1 is 1.15 bits per heavy atom. The third-order valence-electron chi connectivity index (χ3n) is 3.14. The van der Waals surface area contributed by atoms with Crippen molar-refractivity contribution in [1.82, 2.24) is 10.2 Å². The van der Waals surface area contributed by atoms with Crippen LogP contribution in [0.1, 0.15) is 38.1 Å². The second kappa shape index (κ2) is 5.94. The molecule has 0 saturated heterocycles. The summed E-state index contributed by atoms with van der Waals surface area (Å²) in [5.41, 5.74) is 2.40. The topological polar surface area (TPSA) is 37.8 Å². The van der Waals surface area contributed by atoms with Gasteiger partial charge in [-0.3, -0.25) is 0 Å². The van der Waals surface area contributed by atoms with Gasteiger partial charge in [0.1, 0.15) is 11.6 Å². The number of nitrogens with zero attached hydrogens (tertiary/aromatic N) is 2. The van der Waals surface area contributed by atoms with E-state index in [-0.39, 0.29) is 7.47 Å². The molecule has 0 saturated carbocycles. The van der Waals surface area contributed by atoms with E-state index in [9.17, 15) is 8.78 Å². The second-order valence-electron chi connectivity index (χ2n) is 4.79. The van der Waals surface area contributed by atoms with Gasteiger partial charge >= 0.3 is 0 Å². The first-order valence-corrected chi connectivity index (χ1v) is 6.55. The second-order valence-corrected chi connectivity index (χ2v) is 4.79. The summed E-state index contributed by atoms with van der Waals surface area (Å²) in [5, 5.41) is 11.3. The number of anilines is 1. The van der Waals surface area contributed by atoms with Crippen molar-refractivity contribution in [1.29, 1.82) is 0 Å². The van der Waals surface area contributed by atoms with Crippen molar-refractivity contribution in [3.63, 3.8) is 0 Å². The minimum Gasteiger partial charge on any atom is -0.362 e. The van der Waals surface area contributed by atoms with Crippen molar-refractivity contribution in [3.8, 4) is 0 Å². The number of benzene rings is 1. The lowest BCUT2D eigenvalue weighted by Gasteiger charge is -2.16. The van der Waals surface area contributed by atoms with E-state index in [2.05, 4.69) is 15.5 Å². The highest BCUT2D eigenvalue weighted by atomic mass is 19.1. The molecule has 20 heavy (non-hydrogen) atoms. The van der Waals surface area contributed by atoms with Crippen LogP contribution in [0, 0.1) is 18.6 Å². The van der Waals surface area contributed by atoms with Gasteiger partial charge in [0.25, 0.3) is 0 Å². The molecule has 0 radical (unpaired) electrons. The van der Waals surface area contributed by atoms with E-state index in [4.69, 9.17) is 0 Å². The fourth-order valence-electron chi connectivity index (χ4n) is 1.97. The Balaban J connectivity index is 0.00000220. The molecule has 0 bridgehead atoms. The quantitative estimate of drug-likeness (QED) is 0.917. The van der Waals surface area contributed by atoms with Crippen LogP contribution < -0.4 is 5.32 Å². The van der Waals surface area contributed by atoms with Crippen LogP contribution in [0.3, 0.4) is 0 Å². The van der Waals surface area contributed by atoms with Gasteiger partial charge in [0.15, 0.2) is 5.82 Å². The summed E-state index contributed by atoms with van der Waals surface area (Å²) in [6, 6.07) is 5.17. The Morgan fingerprint density at radius 3 is 2.35 bits per heavy atom. The maximum Gasteiger partial charge on any atom is 0.152 e. The molecule has 1 atom stereocenters. The van der Waals surface area contributed by atoms with Gasteiger partial charge in [-0.25, -0.2) is 8.78 Å². The first-order chi connectivity index (χ1) is 9.49. The van der Waals surface area contributed by atoms with E-state index < -0.39 is 11.6 Å². The average molecular weight is 279 g/mol. The summed E-state index contributed by atoms with van der Waals surface area (Å²) in [6.07, 6.45) is 0.818. The third-order valence-corrected chi connectivity index (χ3v) is 3.14. The fraction of sp³-hybridized carbons (Fsp3) is 0.333. The number of aryl methyl sites for hydroxylation is 2. The zero-order chi connectivity index (χ0) is 14.7. The molecular formula is C15H19F2N3. The molecule has 2 rings (SSSR count). The zero-order valence-corrected chi connectivity index (χ0v) is 11.7. The predicted octanol–water partition coefficient (Wildman–Crippen LogP) is 4.04. The number of rotatable bonds is 4. The van der Waals surface area contributed by atoms with Crippen molar-refractivity contribution >= 4 is 5.82 Å². The minimum atomic E-state index is -0.585. The molecular weight excluding hydrogens is 260 g/mol.